The lowest BCUT2D eigenvalue weighted by Crippen LogP contribution is -2.31. The zero-order valence-electron chi connectivity index (χ0n) is 13.9. The maximum absolute atomic E-state index is 8.37. The van der Waals surface area contributed by atoms with E-state index in [-0.39, 0.29) is 10.8 Å². The van der Waals surface area contributed by atoms with E-state index in [0.29, 0.717) is 32.1 Å². The molecule has 0 saturated heterocycles. The fourth-order valence-electron chi connectivity index (χ4n) is 1.80. The summed E-state index contributed by atoms with van der Waals surface area (Å²) in [6.07, 6.45) is 0. The Morgan fingerprint density at radius 3 is 2.45 bits per heavy atom. The van der Waals surface area contributed by atoms with Crippen LogP contribution >= 0.6 is 0 Å². The first kappa shape index (κ1) is 18.1. The highest BCUT2D eigenvalue weighted by molar-refractivity contribution is 5.43. The fraction of sp³-hybridized carbons (Fsp3) is 0.625. The largest absolute Gasteiger partial charge is 0.493 e. The van der Waals surface area contributed by atoms with Crippen LogP contribution in [0.15, 0.2) is 29.4 Å². The van der Waals surface area contributed by atoms with Gasteiger partial charge in [-0.3, -0.25) is 0 Å². The van der Waals surface area contributed by atoms with Crippen molar-refractivity contribution in [3.63, 3.8) is 0 Å². The summed E-state index contributed by atoms with van der Waals surface area (Å²) in [5.74, 6) is 0.761. The van der Waals surface area contributed by atoms with Gasteiger partial charge in [0.2, 0.25) is 0 Å². The first-order valence-electron chi connectivity index (χ1n) is 7.31. The average Bonchev–Trinajstić information content (AvgIpc) is 2.43. The van der Waals surface area contributed by atoms with E-state index in [9.17, 15) is 0 Å². The SMILES string of the molecule is CC(C)(CN=[N+]=[N-])COCC(C)(C)COc1cccc(N)c1. The molecule has 0 unspecified atom stereocenters. The van der Waals surface area contributed by atoms with Crippen LogP contribution in [0.25, 0.3) is 10.4 Å². The third-order valence-corrected chi connectivity index (χ3v) is 3.04. The second-order valence-corrected chi connectivity index (χ2v) is 7.07. The number of hydrogen-bond acceptors (Lipinski definition) is 4. The monoisotopic (exact) mass is 306 g/mol. The van der Waals surface area contributed by atoms with E-state index in [1.54, 1.807) is 6.07 Å². The summed E-state index contributed by atoms with van der Waals surface area (Å²) in [4.78, 5) is 2.79. The maximum atomic E-state index is 8.37. The smallest absolute Gasteiger partial charge is 0.121 e. The molecule has 22 heavy (non-hydrogen) atoms. The number of anilines is 1. The number of rotatable bonds is 9. The lowest BCUT2D eigenvalue weighted by Gasteiger charge is -2.28. The van der Waals surface area contributed by atoms with E-state index in [1.807, 2.05) is 32.0 Å². The maximum Gasteiger partial charge on any atom is 0.121 e. The molecule has 0 bridgehead atoms. The standard InChI is InChI=1S/C16H26N4O2/c1-15(2,9-19-20-18)10-21-11-16(3,4)12-22-14-7-5-6-13(17)8-14/h5-8H,9-12,17H2,1-4H3. The number of ether oxygens (including phenoxy) is 2. The number of azide groups is 1. The van der Waals surface area contributed by atoms with Gasteiger partial charge in [-0.25, -0.2) is 0 Å². The Morgan fingerprint density at radius 1 is 1.14 bits per heavy atom. The molecule has 0 aliphatic rings. The van der Waals surface area contributed by atoms with Gasteiger partial charge >= 0.3 is 0 Å². The van der Waals surface area contributed by atoms with E-state index >= 15 is 0 Å². The third kappa shape index (κ3) is 7.20. The van der Waals surface area contributed by atoms with Gasteiger partial charge < -0.3 is 15.2 Å². The minimum atomic E-state index is -0.170. The molecule has 6 heteroatoms. The first-order valence-corrected chi connectivity index (χ1v) is 7.31. The van der Waals surface area contributed by atoms with Crippen LogP contribution in [-0.4, -0.2) is 26.4 Å². The predicted molar refractivity (Wildman–Crippen MR) is 88.7 cm³/mol. The van der Waals surface area contributed by atoms with Crippen LogP contribution in [0.2, 0.25) is 0 Å². The normalized spacial score (nSPS) is 11.8. The highest BCUT2D eigenvalue weighted by Gasteiger charge is 2.23. The molecule has 0 heterocycles. The second-order valence-electron chi connectivity index (χ2n) is 7.07. The van der Waals surface area contributed by atoms with E-state index < -0.39 is 0 Å². The Labute approximate surface area is 132 Å². The Balaban J connectivity index is 2.39. The molecule has 6 nitrogen and oxygen atoms in total. The minimum Gasteiger partial charge on any atom is -0.493 e. The van der Waals surface area contributed by atoms with Crippen molar-refractivity contribution in [1.82, 2.24) is 0 Å². The van der Waals surface area contributed by atoms with Gasteiger partial charge in [-0.15, -0.1) is 0 Å². The summed E-state index contributed by atoms with van der Waals surface area (Å²) < 4.78 is 11.6. The van der Waals surface area contributed by atoms with E-state index in [4.69, 9.17) is 20.7 Å². The van der Waals surface area contributed by atoms with Crippen molar-refractivity contribution in [2.75, 3.05) is 32.1 Å². The van der Waals surface area contributed by atoms with Crippen molar-refractivity contribution < 1.29 is 9.47 Å². The molecule has 0 aliphatic carbocycles. The number of nitrogen functional groups attached to an aromatic ring is 1. The molecular formula is C16H26N4O2. The van der Waals surface area contributed by atoms with Crippen molar-refractivity contribution in [2.45, 2.75) is 27.7 Å². The highest BCUT2D eigenvalue weighted by Crippen LogP contribution is 2.22. The van der Waals surface area contributed by atoms with Crippen LogP contribution in [0.4, 0.5) is 5.69 Å². The summed E-state index contributed by atoms with van der Waals surface area (Å²) in [6, 6.07) is 7.38. The molecule has 0 aromatic heterocycles. The van der Waals surface area contributed by atoms with Crippen LogP contribution in [0.3, 0.4) is 0 Å². The van der Waals surface area contributed by atoms with Gasteiger partial charge in [0.25, 0.3) is 0 Å². The zero-order valence-corrected chi connectivity index (χ0v) is 13.9. The summed E-state index contributed by atoms with van der Waals surface area (Å²) in [5, 5.41) is 3.61. The molecule has 0 atom stereocenters. The van der Waals surface area contributed by atoms with Gasteiger partial charge in [0.05, 0.1) is 19.8 Å². The molecule has 0 saturated carbocycles. The van der Waals surface area contributed by atoms with Crippen LogP contribution in [-0.2, 0) is 4.74 Å². The van der Waals surface area contributed by atoms with E-state index in [1.165, 1.54) is 0 Å². The van der Waals surface area contributed by atoms with Crippen molar-refractivity contribution >= 4 is 5.69 Å². The summed E-state index contributed by atoms with van der Waals surface area (Å²) in [5.41, 5.74) is 14.5. The van der Waals surface area contributed by atoms with Gasteiger partial charge in [-0.1, -0.05) is 38.9 Å². The topological polar surface area (TPSA) is 93.2 Å². The molecular weight excluding hydrogens is 280 g/mol. The Hall–Kier alpha value is -1.91. The number of nitrogens with two attached hydrogens (primary N) is 1. The van der Waals surface area contributed by atoms with Gasteiger partial charge in [0.15, 0.2) is 0 Å². The summed E-state index contributed by atoms with van der Waals surface area (Å²) in [7, 11) is 0. The van der Waals surface area contributed by atoms with Crippen LogP contribution < -0.4 is 10.5 Å². The van der Waals surface area contributed by atoms with Crippen LogP contribution in [0.5, 0.6) is 5.75 Å². The van der Waals surface area contributed by atoms with E-state index in [2.05, 4.69) is 23.9 Å². The Kier molecular flexibility index (Phi) is 6.53. The number of nitrogens with zero attached hydrogens (tertiary/aromatic N) is 3. The molecule has 0 aliphatic heterocycles. The highest BCUT2D eigenvalue weighted by atomic mass is 16.5. The number of hydrogen-bond donors (Lipinski definition) is 1. The molecule has 0 spiro atoms. The fourth-order valence-corrected chi connectivity index (χ4v) is 1.80. The quantitative estimate of drug-likeness (QED) is 0.323. The molecule has 1 rings (SSSR count). The zero-order chi connectivity index (χ0) is 16.6. The Morgan fingerprint density at radius 2 is 1.82 bits per heavy atom. The van der Waals surface area contributed by atoms with Gasteiger partial charge in [-0.2, -0.15) is 0 Å². The molecule has 1 aromatic rings. The third-order valence-electron chi connectivity index (χ3n) is 3.04. The number of benzene rings is 1. The molecule has 2 N–H and O–H groups in total. The molecule has 1 aromatic carbocycles. The van der Waals surface area contributed by atoms with Gasteiger partial charge in [-0.05, 0) is 23.1 Å². The minimum absolute atomic E-state index is 0.126. The van der Waals surface area contributed by atoms with Crippen molar-refractivity contribution in [2.24, 2.45) is 15.9 Å². The predicted octanol–water partition coefficient (Wildman–Crippen LogP) is 4.03. The first-order chi connectivity index (χ1) is 10.2. The molecule has 0 amide bonds. The van der Waals surface area contributed by atoms with Crippen molar-refractivity contribution in [1.29, 1.82) is 0 Å². The lowest BCUT2D eigenvalue weighted by atomic mass is 9.94. The summed E-state index contributed by atoms with van der Waals surface area (Å²) >= 11 is 0. The molecule has 0 radical (unpaired) electrons. The van der Waals surface area contributed by atoms with Crippen molar-refractivity contribution in [3.05, 3.63) is 34.7 Å². The lowest BCUT2D eigenvalue weighted by molar-refractivity contribution is 0.00108. The molecule has 0 fully saturated rings. The second kappa shape index (κ2) is 7.92. The van der Waals surface area contributed by atoms with Crippen molar-refractivity contribution in [3.8, 4) is 5.75 Å². The Bertz CT molecular complexity index is 523. The van der Waals surface area contributed by atoms with Gasteiger partial charge in [0, 0.05) is 28.6 Å². The van der Waals surface area contributed by atoms with E-state index in [0.717, 1.165) is 5.75 Å². The summed E-state index contributed by atoms with van der Waals surface area (Å²) in [6.45, 7) is 10.2. The van der Waals surface area contributed by atoms with Gasteiger partial charge in [0.1, 0.15) is 5.75 Å². The van der Waals surface area contributed by atoms with Crippen LogP contribution in [0, 0.1) is 10.8 Å². The van der Waals surface area contributed by atoms with Crippen LogP contribution in [0.1, 0.15) is 27.7 Å². The molecule has 122 valence electrons. The average molecular weight is 306 g/mol.